The van der Waals surface area contributed by atoms with Crippen LogP contribution in [0.5, 0.6) is 0 Å². The highest BCUT2D eigenvalue weighted by atomic mass is 14.9. The van der Waals surface area contributed by atoms with Crippen molar-refractivity contribution in [1.29, 1.82) is 5.26 Å². The van der Waals surface area contributed by atoms with Gasteiger partial charge in [-0.3, -0.25) is 0 Å². The van der Waals surface area contributed by atoms with Gasteiger partial charge in [0, 0.05) is 0 Å². The van der Waals surface area contributed by atoms with Crippen LogP contribution in [0.3, 0.4) is 0 Å². The van der Waals surface area contributed by atoms with Gasteiger partial charge in [0.2, 0.25) is 0 Å². The zero-order valence-electron chi connectivity index (χ0n) is 4.81. The molecule has 0 rings (SSSR count). The number of hydrogen-bond acceptors (Lipinski definition) is 2. The van der Waals surface area contributed by atoms with Gasteiger partial charge in [-0.1, -0.05) is 12.8 Å². The van der Waals surface area contributed by atoms with Crippen LogP contribution in [-0.4, -0.2) is 6.04 Å². The van der Waals surface area contributed by atoms with Crippen LogP contribution in [0.4, 0.5) is 0 Å². The number of nitrogens with zero attached hydrogens (tertiary/aromatic N) is 1. The van der Waals surface area contributed by atoms with Crippen LogP contribution in [-0.2, 0) is 0 Å². The van der Waals surface area contributed by atoms with Gasteiger partial charge in [0.25, 0.3) is 0 Å². The van der Waals surface area contributed by atoms with Gasteiger partial charge in [-0.05, 0) is 6.42 Å². The molecular formula is C6H8N2. The van der Waals surface area contributed by atoms with Crippen LogP contribution in [0, 0.1) is 23.8 Å². The van der Waals surface area contributed by atoms with Crippen molar-refractivity contribution in [3.05, 3.63) is 0 Å². The van der Waals surface area contributed by atoms with Crippen LogP contribution in [0.15, 0.2) is 0 Å². The Labute approximate surface area is 49.5 Å². The lowest BCUT2D eigenvalue weighted by Gasteiger charge is -2.00. The second-order valence-electron chi connectivity index (χ2n) is 1.38. The molecular weight excluding hydrogens is 100 g/mol. The Hall–Kier alpha value is -1.15. The second-order valence-corrected chi connectivity index (χ2v) is 1.38. The fourth-order valence-corrected chi connectivity index (χ4v) is 0.339. The summed E-state index contributed by atoms with van der Waals surface area (Å²) >= 11 is 0. The number of rotatable bonds is 2. The number of hydrogen-bond donors (Lipinski definition) is 1. The Morgan fingerprint density at radius 1 is 1.88 bits per heavy atom. The van der Waals surface area contributed by atoms with Crippen molar-refractivity contribution < 1.29 is 0 Å². The molecule has 0 saturated carbocycles. The molecule has 1 N–H and O–H groups in total. The van der Waals surface area contributed by atoms with Gasteiger partial charge in [0.05, 0.1) is 6.04 Å². The molecule has 0 aromatic carbocycles. The van der Waals surface area contributed by atoms with E-state index in [4.69, 9.17) is 11.7 Å². The molecule has 0 aliphatic heterocycles. The molecule has 42 valence electrons. The molecule has 0 radical (unpaired) electrons. The summed E-state index contributed by atoms with van der Waals surface area (Å²) in [5, 5.41) is 10.5. The summed E-state index contributed by atoms with van der Waals surface area (Å²) in [5.74, 6) is 2.42. The molecule has 0 aliphatic carbocycles. The van der Waals surface area contributed by atoms with Crippen molar-refractivity contribution in [3.8, 4) is 18.5 Å². The summed E-state index contributed by atoms with van der Waals surface area (Å²) in [7, 11) is 0. The molecule has 0 bridgehead atoms. The van der Waals surface area contributed by atoms with Crippen molar-refractivity contribution in [3.63, 3.8) is 0 Å². The van der Waals surface area contributed by atoms with Crippen LogP contribution in [0.2, 0.25) is 0 Å². The number of nitrogens with one attached hydrogen (secondary N) is 1. The highest BCUT2D eigenvalue weighted by molar-refractivity contribution is 5.00. The van der Waals surface area contributed by atoms with E-state index >= 15 is 0 Å². The van der Waals surface area contributed by atoms with Crippen LogP contribution >= 0.6 is 0 Å². The summed E-state index contributed by atoms with van der Waals surface area (Å²) < 4.78 is 0. The van der Waals surface area contributed by atoms with E-state index in [1.54, 1.807) is 6.19 Å². The van der Waals surface area contributed by atoms with Gasteiger partial charge in [0.1, 0.15) is 0 Å². The molecule has 2 nitrogen and oxygen atoms in total. The van der Waals surface area contributed by atoms with Crippen molar-refractivity contribution in [2.45, 2.75) is 19.4 Å². The second kappa shape index (κ2) is 4.02. The third kappa shape index (κ3) is 2.10. The highest BCUT2D eigenvalue weighted by Crippen LogP contribution is 1.83. The predicted octanol–water partition coefficient (Wildman–Crippen LogP) is 0.469. The topological polar surface area (TPSA) is 35.8 Å². The summed E-state index contributed by atoms with van der Waals surface area (Å²) in [6.45, 7) is 1.93. The summed E-state index contributed by atoms with van der Waals surface area (Å²) in [4.78, 5) is 0. The maximum absolute atomic E-state index is 8.04. The molecule has 0 aromatic heterocycles. The SMILES string of the molecule is C#CC(CC)NC#N. The Morgan fingerprint density at radius 2 is 2.50 bits per heavy atom. The monoisotopic (exact) mass is 108 g/mol. The van der Waals surface area contributed by atoms with Gasteiger partial charge in [0.15, 0.2) is 6.19 Å². The minimum atomic E-state index is -0.0833. The molecule has 0 amide bonds. The maximum Gasteiger partial charge on any atom is 0.177 e. The molecule has 1 atom stereocenters. The molecule has 0 aromatic rings. The number of terminal acetylenes is 1. The van der Waals surface area contributed by atoms with Crippen LogP contribution in [0.25, 0.3) is 0 Å². The minimum absolute atomic E-state index is 0.0833. The van der Waals surface area contributed by atoms with E-state index in [2.05, 4.69) is 11.2 Å². The van der Waals surface area contributed by atoms with Crippen LogP contribution < -0.4 is 5.32 Å². The highest BCUT2D eigenvalue weighted by Gasteiger charge is 1.94. The van der Waals surface area contributed by atoms with E-state index < -0.39 is 0 Å². The fourth-order valence-electron chi connectivity index (χ4n) is 0.339. The van der Waals surface area contributed by atoms with Gasteiger partial charge in [-0.25, -0.2) is 0 Å². The van der Waals surface area contributed by atoms with Crippen molar-refractivity contribution in [1.82, 2.24) is 5.32 Å². The quantitative estimate of drug-likeness (QED) is 0.317. The fraction of sp³-hybridized carbons (Fsp3) is 0.500. The molecule has 0 saturated heterocycles. The van der Waals surface area contributed by atoms with E-state index in [0.29, 0.717) is 0 Å². The van der Waals surface area contributed by atoms with Crippen LogP contribution in [0.1, 0.15) is 13.3 Å². The molecule has 8 heavy (non-hydrogen) atoms. The van der Waals surface area contributed by atoms with E-state index in [0.717, 1.165) is 6.42 Å². The standard InChI is InChI=1S/C6H8N2/c1-3-6(4-2)8-5-7/h1,6,8H,4H2,2H3. The van der Waals surface area contributed by atoms with E-state index in [1.807, 2.05) is 6.92 Å². The largest absolute Gasteiger partial charge is 0.309 e. The van der Waals surface area contributed by atoms with E-state index in [9.17, 15) is 0 Å². The summed E-state index contributed by atoms with van der Waals surface area (Å²) in [5.41, 5.74) is 0. The van der Waals surface area contributed by atoms with Gasteiger partial charge < -0.3 is 5.32 Å². The van der Waals surface area contributed by atoms with E-state index in [-0.39, 0.29) is 6.04 Å². The minimum Gasteiger partial charge on any atom is -0.309 e. The zero-order chi connectivity index (χ0) is 6.41. The lowest BCUT2D eigenvalue weighted by molar-refractivity contribution is 0.706. The third-order valence-electron chi connectivity index (χ3n) is 0.848. The first-order chi connectivity index (χ1) is 3.85. The zero-order valence-corrected chi connectivity index (χ0v) is 4.81. The predicted molar refractivity (Wildman–Crippen MR) is 31.7 cm³/mol. The smallest absolute Gasteiger partial charge is 0.177 e. The van der Waals surface area contributed by atoms with Crippen molar-refractivity contribution in [2.75, 3.05) is 0 Å². The molecule has 2 heteroatoms. The molecule has 0 aliphatic rings. The number of nitriles is 1. The first kappa shape index (κ1) is 6.85. The Morgan fingerprint density at radius 3 is 2.62 bits per heavy atom. The molecule has 0 fully saturated rings. The van der Waals surface area contributed by atoms with Gasteiger partial charge in [-0.2, -0.15) is 5.26 Å². The first-order valence-corrected chi connectivity index (χ1v) is 2.45. The van der Waals surface area contributed by atoms with E-state index in [1.165, 1.54) is 0 Å². The Balaban J connectivity index is 3.45. The average Bonchev–Trinajstić information content (AvgIpc) is 1.83. The third-order valence-corrected chi connectivity index (χ3v) is 0.848. The lowest BCUT2D eigenvalue weighted by atomic mass is 10.2. The summed E-state index contributed by atoms with van der Waals surface area (Å²) in [6.07, 6.45) is 7.58. The van der Waals surface area contributed by atoms with Crippen molar-refractivity contribution in [2.24, 2.45) is 0 Å². The molecule has 0 spiro atoms. The Bertz CT molecular complexity index is 126. The maximum atomic E-state index is 8.04. The summed E-state index contributed by atoms with van der Waals surface area (Å²) in [6, 6.07) is -0.0833. The normalized spacial score (nSPS) is 10.9. The average molecular weight is 108 g/mol. The molecule has 1 unspecified atom stereocenters. The lowest BCUT2D eigenvalue weighted by Crippen LogP contribution is -2.20. The Kier molecular flexibility index (Phi) is 3.44. The molecule has 0 heterocycles. The first-order valence-electron chi connectivity index (χ1n) is 2.45. The van der Waals surface area contributed by atoms with Crippen molar-refractivity contribution >= 4 is 0 Å². The van der Waals surface area contributed by atoms with Gasteiger partial charge >= 0.3 is 0 Å². The van der Waals surface area contributed by atoms with Gasteiger partial charge in [-0.15, -0.1) is 6.42 Å².